The molecule has 9 heteroatoms. The normalized spacial score (nSPS) is 13.2. The molecule has 1 aromatic heterocycles. The molecule has 0 aliphatic carbocycles. The number of amides is 1. The minimum atomic E-state index is -3.79. The molecule has 8 nitrogen and oxygen atoms in total. The van der Waals surface area contributed by atoms with Gasteiger partial charge < -0.3 is 14.8 Å². The van der Waals surface area contributed by atoms with Crippen molar-refractivity contribution in [1.82, 2.24) is 9.62 Å². The Balaban J connectivity index is 3.08. The van der Waals surface area contributed by atoms with Crippen molar-refractivity contribution >= 4 is 21.9 Å². The van der Waals surface area contributed by atoms with Gasteiger partial charge in [-0.1, -0.05) is 6.92 Å². The molecule has 0 fully saturated rings. The molecule has 0 bridgehead atoms. The zero-order chi connectivity index (χ0) is 16.4. The number of furan rings is 1. The van der Waals surface area contributed by atoms with Crippen molar-refractivity contribution in [3.8, 4) is 0 Å². The lowest BCUT2D eigenvalue weighted by Crippen LogP contribution is -2.40. The zero-order valence-corrected chi connectivity index (χ0v) is 13.0. The average molecular weight is 318 g/mol. The van der Waals surface area contributed by atoms with E-state index in [1.165, 1.54) is 21.0 Å². The molecule has 0 aliphatic rings. The fraction of sp³-hybridized carbons (Fsp3) is 0.500. The Morgan fingerprint density at radius 1 is 1.43 bits per heavy atom. The second-order valence-electron chi connectivity index (χ2n) is 4.60. The first-order chi connectivity index (χ1) is 9.61. The highest BCUT2D eigenvalue weighted by Crippen LogP contribution is 2.21. The highest BCUT2D eigenvalue weighted by atomic mass is 32.2. The zero-order valence-electron chi connectivity index (χ0n) is 12.2. The number of carbonyl (C=O) groups is 2. The highest BCUT2D eigenvalue weighted by Gasteiger charge is 2.27. The van der Waals surface area contributed by atoms with Crippen LogP contribution in [0.4, 0.5) is 0 Å². The number of sulfonamides is 1. The van der Waals surface area contributed by atoms with Gasteiger partial charge in [0.05, 0.1) is 5.56 Å². The molecule has 0 spiro atoms. The Hall–Kier alpha value is -1.87. The summed E-state index contributed by atoms with van der Waals surface area (Å²) in [5.74, 6) is -1.74. The molecule has 1 unspecified atom stereocenters. The lowest BCUT2D eigenvalue weighted by atomic mass is 10.2. The van der Waals surface area contributed by atoms with Crippen molar-refractivity contribution in [2.45, 2.75) is 31.4 Å². The van der Waals surface area contributed by atoms with E-state index in [1.54, 1.807) is 6.92 Å². The Morgan fingerprint density at radius 3 is 2.43 bits per heavy atom. The number of aryl methyl sites for hydroxylation is 1. The summed E-state index contributed by atoms with van der Waals surface area (Å²) in [4.78, 5) is 22.9. The summed E-state index contributed by atoms with van der Waals surface area (Å²) in [6.07, 6.45) is 0.209. The molecule has 1 rings (SSSR count). The largest absolute Gasteiger partial charge is 0.480 e. The van der Waals surface area contributed by atoms with Crippen LogP contribution in [-0.4, -0.2) is 49.8 Å². The molecule has 0 radical (unpaired) electrons. The Morgan fingerprint density at radius 2 is 2.00 bits per heavy atom. The Labute approximate surface area is 122 Å². The van der Waals surface area contributed by atoms with Gasteiger partial charge in [-0.2, -0.15) is 0 Å². The number of carboxylic acids is 1. The van der Waals surface area contributed by atoms with E-state index in [0.717, 1.165) is 10.4 Å². The average Bonchev–Trinajstić information content (AvgIpc) is 2.77. The van der Waals surface area contributed by atoms with Gasteiger partial charge in [-0.25, -0.2) is 17.5 Å². The summed E-state index contributed by atoms with van der Waals surface area (Å²) in [5.41, 5.74) is -0.00451. The Bertz CT molecular complexity index is 647. The van der Waals surface area contributed by atoms with E-state index in [4.69, 9.17) is 9.52 Å². The maximum atomic E-state index is 12.0. The van der Waals surface area contributed by atoms with Crippen LogP contribution in [0.15, 0.2) is 15.6 Å². The van der Waals surface area contributed by atoms with E-state index in [2.05, 4.69) is 5.32 Å². The molecule has 0 aliphatic heterocycles. The first-order valence-corrected chi connectivity index (χ1v) is 7.61. The number of nitrogens with one attached hydrogen (secondary N) is 1. The van der Waals surface area contributed by atoms with E-state index in [0.29, 0.717) is 0 Å². The van der Waals surface area contributed by atoms with E-state index in [-0.39, 0.29) is 22.8 Å². The highest BCUT2D eigenvalue weighted by molar-refractivity contribution is 7.88. The minimum absolute atomic E-state index is 0.00451. The summed E-state index contributed by atoms with van der Waals surface area (Å²) in [5, 5.41) is 10.9. The van der Waals surface area contributed by atoms with Crippen LogP contribution in [0.5, 0.6) is 0 Å². The number of nitrogens with zero attached hydrogens (tertiary/aromatic N) is 1. The van der Waals surface area contributed by atoms with E-state index in [9.17, 15) is 18.0 Å². The van der Waals surface area contributed by atoms with Crippen LogP contribution < -0.4 is 5.32 Å². The van der Waals surface area contributed by atoms with Gasteiger partial charge in [0.25, 0.3) is 15.9 Å². The van der Waals surface area contributed by atoms with Gasteiger partial charge in [-0.05, 0) is 13.3 Å². The molecule has 1 aromatic rings. The molecule has 2 N–H and O–H groups in total. The molecule has 0 saturated carbocycles. The maximum Gasteiger partial charge on any atom is 0.326 e. The van der Waals surface area contributed by atoms with E-state index in [1.807, 2.05) is 0 Å². The van der Waals surface area contributed by atoms with Gasteiger partial charge in [0.15, 0.2) is 0 Å². The molecule has 0 aromatic carbocycles. The van der Waals surface area contributed by atoms with Gasteiger partial charge in [0.1, 0.15) is 11.8 Å². The van der Waals surface area contributed by atoms with Crippen LogP contribution in [0.2, 0.25) is 0 Å². The summed E-state index contributed by atoms with van der Waals surface area (Å²) < 4.78 is 29.9. The summed E-state index contributed by atoms with van der Waals surface area (Å²) in [6.45, 7) is 3.05. The first-order valence-electron chi connectivity index (χ1n) is 6.17. The standard InChI is InChI=1S/C12H18N2O6S/c1-5-9(12(16)17)13-11(15)8-6-10(20-7(8)2)21(18,19)14(3)4/h6,9H,5H2,1-4H3,(H,13,15)(H,16,17). The predicted molar refractivity (Wildman–Crippen MR) is 73.5 cm³/mol. The van der Waals surface area contributed by atoms with Gasteiger partial charge in [0, 0.05) is 20.2 Å². The van der Waals surface area contributed by atoms with E-state index < -0.39 is 27.9 Å². The summed E-state index contributed by atoms with van der Waals surface area (Å²) in [7, 11) is -1.12. The van der Waals surface area contributed by atoms with Crippen molar-refractivity contribution in [2.75, 3.05) is 14.1 Å². The Kier molecular flexibility index (Phi) is 5.13. The summed E-state index contributed by atoms with van der Waals surface area (Å²) in [6, 6.07) is 0.0508. The van der Waals surface area contributed by atoms with Crippen molar-refractivity contribution < 1.29 is 27.5 Å². The van der Waals surface area contributed by atoms with Crippen molar-refractivity contribution in [3.63, 3.8) is 0 Å². The number of hydrogen-bond acceptors (Lipinski definition) is 5. The smallest absolute Gasteiger partial charge is 0.326 e. The molecule has 118 valence electrons. The number of hydrogen-bond donors (Lipinski definition) is 2. The molecule has 21 heavy (non-hydrogen) atoms. The molecule has 0 saturated heterocycles. The third-order valence-corrected chi connectivity index (χ3v) is 4.56. The molecular formula is C12H18N2O6S. The fourth-order valence-corrected chi connectivity index (χ4v) is 2.42. The van der Waals surface area contributed by atoms with Crippen molar-refractivity contribution in [1.29, 1.82) is 0 Å². The number of carboxylic acid groups (broad SMARTS) is 1. The lowest BCUT2D eigenvalue weighted by Gasteiger charge is -2.11. The number of rotatable bonds is 6. The van der Waals surface area contributed by atoms with Crippen LogP contribution >= 0.6 is 0 Å². The lowest BCUT2D eigenvalue weighted by molar-refractivity contribution is -0.139. The maximum absolute atomic E-state index is 12.0. The second kappa shape index (κ2) is 6.27. The van der Waals surface area contributed by atoms with Crippen molar-refractivity contribution in [3.05, 3.63) is 17.4 Å². The summed E-state index contributed by atoms with van der Waals surface area (Å²) >= 11 is 0. The third kappa shape index (κ3) is 3.61. The van der Waals surface area contributed by atoms with Crippen LogP contribution in [0, 0.1) is 6.92 Å². The molecular weight excluding hydrogens is 300 g/mol. The van der Waals surface area contributed by atoms with Gasteiger partial charge in [0.2, 0.25) is 5.09 Å². The first kappa shape index (κ1) is 17.2. The topological polar surface area (TPSA) is 117 Å². The fourth-order valence-electron chi connectivity index (χ4n) is 1.56. The number of carbonyl (C=O) groups excluding carboxylic acids is 1. The minimum Gasteiger partial charge on any atom is -0.480 e. The van der Waals surface area contributed by atoms with Crippen LogP contribution in [0.1, 0.15) is 29.5 Å². The second-order valence-corrected chi connectivity index (χ2v) is 6.68. The number of aliphatic carboxylic acids is 1. The van der Waals surface area contributed by atoms with Gasteiger partial charge >= 0.3 is 5.97 Å². The predicted octanol–water partition coefficient (Wildman–Crippen LogP) is 0.431. The molecule has 1 heterocycles. The molecule has 1 amide bonds. The van der Waals surface area contributed by atoms with Crippen LogP contribution in [0.25, 0.3) is 0 Å². The van der Waals surface area contributed by atoms with E-state index >= 15 is 0 Å². The van der Waals surface area contributed by atoms with Gasteiger partial charge in [-0.15, -0.1) is 0 Å². The quantitative estimate of drug-likeness (QED) is 0.785. The monoisotopic (exact) mass is 318 g/mol. The van der Waals surface area contributed by atoms with Crippen molar-refractivity contribution in [2.24, 2.45) is 0 Å². The molecule has 1 atom stereocenters. The third-order valence-electron chi connectivity index (χ3n) is 2.89. The van der Waals surface area contributed by atoms with Crippen LogP contribution in [0.3, 0.4) is 0 Å². The van der Waals surface area contributed by atoms with Gasteiger partial charge in [-0.3, -0.25) is 4.79 Å². The SMILES string of the molecule is CCC(NC(=O)c1cc(S(=O)(=O)N(C)C)oc1C)C(=O)O. The van der Waals surface area contributed by atoms with Crippen LogP contribution in [-0.2, 0) is 14.8 Å².